The average Bonchev–Trinajstić information content (AvgIpc) is 3.35. The van der Waals surface area contributed by atoms with Crippen LogP contribution >= 0.6 is 11.8 Å². The predicted molar refractivity (Wildman–Crippen MR) is 139 cm³/mol. The van der Waals surface area contributed by atoms with Crippen LogP contribution in [0.3, 0.4) is 0 Å². The molecular weight excluding hydrogens is 508 g/mol. The summed E-state index contributed by atoms with van der Waals surface area (Å²) in [5.41, 5.74) is 8.27. The van der Waals surface area contributed by atoms with E-state index in [1.807, 2.05) is 19.9 Å². The molecule has 3 N–H and O–H groups in total. The summed E-state index contributed by atoms with van der Waals surface area (Å²) in [5.74, 6) is -2.35. The van der Waals surface area contributed by atoms with Crippen molar-refractivity contribution in [2.75, 3.05) is 6.73 Å². The van der Waals surface area contributed by atoms with Crippen LogP contribution in [0.15, 0.2) is 41.5 Å². The van der Waals surface area contributed by atoms with Gasteiger partial charge < -0.3 is 20.7 Å². The van der Waals surface area contributed by atoms with Crippen molar-refractivity contribution in [2.45, 2.75) is 80.6 Å². The normalized spacial score (nSPS) is 27.2. The number of rotatable bonds is 6. The summed E-state index contributed by atoms with van der Waals surface area (Å²) in [6.07, 6.45) is 4.82. The number of benzene rings is 1. The number of nitrogens with two attached hydrogens (primary N) is 1. The summed E-state index contributed by atoms with van der Waals surface area (Å²) >= 11 is 1.39. The molecule has 4 aliphatic rings. The monoisotopic (exact) mass is 540 g/mol. The molecule has 4 amide bonds. The van der Waals surface area contributed by atoms with Crippen molar-refractivity contribution in [1.82, 2.24) is 15.1 Å². The van der Waals surface area contributed by atoms with E-state index in [1.54, 1.807) is 24.3 Å². The van der Waals surface area contributed by atoms with E-state index in [2.05, 4.69) is 5.32 Å². The summed E-state index contributed by atoms with van der Waals surface area (Å²) in [6.45, 7) is 3.16. The first kappa shape index (κ1) is 26.4. The number of carbonyl (C=O) groups is 5. The molecule has 0 spiro atoms. The quantitative estimate of drug-likeness (QED) is 0.241. The van der Waals surface area contributed by atoms with E-state index >= 15 is 0 Å². The van der Waals surface area contributed by atoms with Gasteiger partial charge in [-0.1, -0.05) is 42.3 Å². The molecule has 10 nitrogen and oxygen atoms in total. The van der Waals surface area contributed by atoms with E-state index in [4.69, 9.17) is 10.5 Å². The van der Waals surface area contributed by atoms with E-state index < -0.39 is 58.7 Å². The van der Waals surface area contributed by atoms with Crippen LogP contribution in [0.2, 0.25) is 0 Å². The predicted octanol–water partition coefficient (Wildman–Crippen LogP) is 1.75. The highest BCUT2D eigenvalue weighted by atomic mass is 32.2. The van der Waals surface area contributed by atoms with Gasteiger partial charge in [0.2, 0.25) is 17.7 Å². The largest absolute Gasteiger partial charge is 0.442 e. The maximum atomic E-state index is 13.2. The molecule has 4 fully saturated rings. The first-order valence-electron chi connectivity index (χ1n) is 12.9. The third-order valence-electron chi connectivity index (χ3n) is 7.76. The van der Waals surface area contributed by atoms with Crippen LogP contribution in [0.5, 0.6) is 0 Å². The van der Waals surface area contributed by atoms with Gasteiger partial charge >= 0.3 is 5.97 Å². The van der Waals surface area contributed by atoms with Gasteiger partial charge in [0, 0.05) is 10.3 Å². The SMILES string of the molecule is CC1(C)S[C@@H]2[C@H](NC(=O)[C@@H](N)c3ccccc3)C(=O)N2[C@H]1C(=O)OCN1C(=O)CC(=C2CCCCC2)C1=O. The maximum absolute atomic E-state index is 13.2. The number of likely N-dealkylation sites (tertiary alicyclic amines) is 1. The van der Waals surface area contributed by atoms with E-state index in [0.717, 1.165) is 42.6 Å². The van der Waals surface area contributed by atoms with Gasteiger partial charge in [-0.2, -0.15) is 0 Å². The van der Waals surface area contributed by atoms with Gasteiger partial charge in [-0.3, -0.25) is 19.2 Å². The molecule has 1 aliphatic carbocycles. The van der Waals surface area contributed by atoms with E-state index in [9.17, 15) is 24.0 Å². The fourth-order valence-electron chi connectivity index (χ4n) is 5.67. The molecule has 0 bridgehead atoms. The lowest BCUT2D eigenvalue weighted by molar-refractivity contribution is -0.169. The first-order valence-corrected chi connectivity index (χ1v) is 13.8. The van der Waals surface area contributed by atoms with Gasteiger partial charge in [0.1, 0.15) is 23.5 Å². The molecule has 38 heavy (non-hydrogen) atoms. The summed E-state index contributed by atoms with van der Waals surface area (Å²) in [6, 6.07) is 6.19. The van der Waals surface area contributed by atoms with Gasteiger partial charge in [0.15, 0.2) is 6.73 Å². The number of hydrogen-bond donors (Lipinski definition) is 2. The molecular formula is C27H32N4O6S. The zero-order chi connectivity index (χ0) is 27.2. The number of esters is 1. The topological polar surface area (TPSA) is 139 Å². The lowest BCUT2D eigenvalue weighted by atomic mass is 9.90. The van der Waals surface area contributed by atoms with Crippen molar-refractivity contribution in [3.05, 3.63) is 47.0 Å². The number of β-lactam (4-membered cyclic amide) rings is 1. The second-order valence-electron chi connectivity index (χ2n) is 10.7. The van der Waals surface area contributed by atoms with Crippen LogP contribution in [-0.4, -0.2) is 68.3 Å². The van der Waals surface area contributed by atoms with Crippen molar-refractivity contribution in [2.24, 2.45) is 5.73 Å². The second-order valence-corrected chi connectivity index (χ2v) is 12.4. The Kier molecular flexibility index (Phi) is 7.08. The molecule has 5 rings (SSSR count). The average molecular weight is 541 g/mol. The molecule has 1 aromatic carbocycles. The second kappa shape index (κ2) is 10.2. The van der Waals surface area contributed by atoms with Crippen molar-refractivity contribution < 1.29 is 28.7 Å². The lowest BCUT2D eigenvalue weighted by Gasteiger charge is -2.44. The van der Waals surface area contributed by atoms with Gasteiger partial charge in [0.25, 0.3) is 5.91 Å². The van der Waals surface area contributed by atoms with Crippen LogP contribution in [0.25, 0.3) is 0 Å². The van der Waals surface area contributed by atoms with Gasteiger partial charge in [-0.05, 0) is 45.1 Å². The van der Waals surface area contributed by atoms with Crippen LogP contribution in [0.1, 0.15) is 64.0 Å². The molecule has 3 heterocycles. The molecule has 0 radical (unpaired) electrons. The Morgan fingerprint density at radius 2 is 1.82 bits per heavy atom. The highest BCUT2D eigenvalue weighted by Crippen LogP contribution is 2.51. The summed E-state index contributed by atoms with van der Waals surface area (Å²) in [4.78, 5) is 66.8. The van der Waals surface area contributed by atoms with Crippen molar-refractivity contribution in [3.63, 3.8) is 0 Å². The number of carbonyl (C=O) groups excluding carboxylic acids is 5. The molecule has 11 heteroatoms. The number of nitrogens with one attached hydrogen (secondary N) is 1. The highest BCUT2D eigenvalue weighted by molar-refractivity contribution is 8.01. The Morgan fingerprint density at radius 3 is 2.50 bits per heavy atom. The van der Waals surface area contributed by atoms with Gasteiger partial charge in [-0.15, -0.1) is 11.8 Å². The minimum atomic E-state index is -0.928. The molecule has 1 aromatic rings. The Bertz CT molecular complexity index is 1210. The fraction of sp³-hybridized carbons (Fsp3) is 0.519. The van der Waals surface area contributed by atoms with Crippen molar-refractivity contribution in [1.29, 1.82) is 0 Å². The number of nitrogens with zero attached hydrogens (tertiary/aromatic N) is 2. The van der Waals surface area contributed by atoms with Crippen LogP contribution < -0.4 is 11.1 Å². The summed E-state index contributed by atoms with van der Waals surface area (Å²) < 4.78 is 4.73. The number of allylic oxidation sites excluding steroid dienone is 1. The Balaban J connectivity index is 1.21. The van der Waals surface area contributed by atoms with Crippen LogP contribution in [-0.2, 0) is 28.7 Å². The lowest BCUT2D eigenvalue weighted by Crippen LogP contribution is -2.71. The Morgan fingerprint density at radius 1 is 1.13 bits per heavy atom. The zero-order valence-electron chi connectivity index (χ0n) is 21.5. The van der Waals surface area contributed by atoms with Crippen LogP contribution in [0.4, 0.5) is 0 Å². The first-order chi connectivity index (χ1) is 18.1. The number of thioether (sulfide) groups is 1. The molecule has 0 unspecified atom stereocenters. The van der Waals surface area contributed by atoms with E-state index in [1.165, 1.54) is 16.7 Å². The summed E-state index contributed by atoms with van der Waals surface area (Å²) in [7, 11) is 0. The van der Waals surface area contributed by atoms with Crippen molar-refractivity contribution >= 4 is 41.4 Å². The maximum Gasteiger partial charge on any atom is 0.332 e. The third kappa shape index (κ3) is 4.62. The summed E-state index contributed by atoms with van der Waals surface area (Å²) in [5, 5.41) is 2.27. The highest BCUT2D eigenvalue weighted by Gasteiger charge is 2.64. The molecule has 3 saturated heterocycles. The van der Waals surface area contributed by atoms with E-state index in [-0.39, 0.29) is 12.3 Å². The molecule has 1 saturated carbocycles. The molecule has 3 aliphatic heterocycles. The number of hydrogen-bond acceptors (Lipinski definition) is 8. The number of fused-ring (bicyclic) bond motifs is 1. The van der Waals surface area contributed by atoms with Gasteiger partial charge in [-0.25, -0.2) is 9.69 Å². The van der Waals surface area contributed by atoms with Gasteiger partial charge in [0.05, 0.1) is 6.42 Å². The molecule has 202 valence electrons. The van der Waals surface area contributed by atoms with Crippen molar-refractivity contribution in [3.8, 4) is 0 Å². The molecule has 4 atom stereocenters. The third-order valence-corrected chi connectivity index (χ3v) is 9.33. The smallest absolute Gasteiger partial charge is 0.332 e. The Labute approximate surface area is 225 Å². The Hall–Kier alpha value is -3.18. The fourth-order valence-corrected chi connectivity index (χ4v) is 7.29. The number of ether oxygens (including phenoxy) is 1. The number of amides is 4. The zero-order valence-corrected chi connectivity index (χ0v) is 22.3. The minimum Gasteiger partial charge on any atom is -0.442 e. The number of imide groups is 1. The van der Waals surface area contributed by atoms with E-state index in [0.29, 0.717) is 11.1 Å². The standard InChI is InChI=1S/C27H32N4O6S/c1-27(2)21(26(36)37-14-30-18(32)13-17(23(30)34)15-9-5-3-6-10-15)31-24(35)20(25(31)38-27)29-22(33)19(28)16-11-7-4-8-12-16/h4,7-8,11-12,19-21,25H,3,5-6,9-10,13-14,28H2,1-2H3,(H,29,33)/t19-,20+,21-,25+/m0/s1. The van der Waals surface area contributed by atoms with Crippen LogP contribution in [0, 0.1) is 0 Å². The minimum absolute atomic E-state index is 0.0374. The molecule has 0 aromatic heterocycles.